The van der Waals surface area contributed by atoms with E-state index in [4.69, 9.17) is 0 Å². The first-order chi connectivity index (χ1) is 6.49. The Kier molecular flexibility index (Phi) is 3.30. The Labute approximate surface area is 84.5 Å². The molecule has 0 saturated heterocycles. The first-order valence-electron chi connectivity index (χ1n) is 4.22. The number of allylic oxidation sites excluding steroid dienone is 1. The summed E-state index contributed by atoms with van der Waals surface area (Å²) in [6, 6.07) is 8.80. The summed E-state index contributed by atoms with van der Waals surface area (Å²) in [6.45, 7) is 3.48. The van der Waals surface area contributed by atoms with Gasteiger partial charge in [0, 0.05) is 11.1 Å². The lowest BCUT2D eigenvalue weighted by Gasteiger charge is -2.03. The predicted octanol–water partition coefficient (Wildman–Crippen LogP) is 2.35. The minimum absolute atomic E-state index is 0.574. The van der Waals surface area contributed by atoms with E-state index < -0.39 is 10.0 Å². The van der Waals surface area contributed by atoms with Gasteiger partial charge in [0.15, 0.2) is 0 Å². The zero-order chi connectivity index (χ0) is 10.6. The first-order valence-corrected chi connectivity index (χ1v) is 5.77. The van der Waals surface area contributed by atoms with E-state index in [1.54, 1.807) is 38.1 Å². The maximum atomic E-state index is 11.4. The molecule has 0 fully saturated rings. The second kappa shape index (κ2) is 4.28. The highest BCUT2D eigenvalue weighted by Crippen LogP contribution is 2.09. The van der Waals surface area contributed by atoms with E-state index in [0.717, 1.165) is 5.57 Å². The van der Waals surface area contributed by atoms with Crippen LogP contribution in [0.1, 0.15) is 13.8 Å². The van der Waals surface area contributed by atoms with Gasteiger partial charge in [-0.05, 0) is 26.0 Å². The molecule has 0 aromatic heterocycles. The molecule has 0 aliphatic carbocycles. The van der Waals surface area contributed by atoms with Gasteiger partial charge in [-0.15, -0.1) is 0 Å². The smallest absolute Gasteiger partial charge is 0.254 e. The fourth-order valence-electron chi connectivity index (χ4n) is 1.01. The minimum atomic E-state index is -3.35. The molecule has 0 unspecified atom stereocenters. The number of sulfonamides is 1. The molecule has 0 radical (unpaired) electrons. The third-order valence-electron chi connectivity index (χ3n) is 1.42. The van der Waals surface area contributed by atoms with E-state index in [1.807, 2.05) is 6.07 Å². The van der Waals surface area contributed by atoms with Crippen molar-refractivity contribution in [3.8, 4) is 0 Å². The molecule has 1 aromatic rings. The molecule has 4 heteroatoms. The van der Waals surface area contributed by atoms with Crippen LogP contribution >= 0.6 is 0 Å². The normalized spacial score (nSPS) is 10.7. The number of anilines is 1. The van der Waals surface area contributed by atoms with Gasteiger partial charge in [-0.2, -0.15) is 0 Å². The number of hydrogen-bond donors (Lipinski definition) is 1. The lowest BCUT2D eigenvalue weighted by molar-refractivity contribution is 0.609. The standard InChI is InChI=1S/C10H13NO2S/c1-9(2)8-14(12,13)11-10-6-4-3-5-7-10/h3-8,11H,1-2H3. The van der Waals surface area contributed by atoms with Gasteiger partial charge >= 0.3 is 0 Å². The Bertz CT molecular complexity index is 417. The molecule has 0 amide bonds. The van der Waals surface area contributed by atoms with Gasteiger partial charge in [0.05, 0.1) is 0 Å². The molecule has 0 bridgehead atoms. The van der Waals surface area contributed by atoms with E-state index in [1.165, 1.54) is 5.41 Å². The Morgan fingerprint density at radius 1 is 1.21 bits per heavy atom. The summed E-state index contributed by atoms with van der Waals surface area (Å²) in [7, 11) is -3.35. The summed E-state index contributed by atoms with van der Waals surface area (Å²) < 4.78 is 25.3. The van der Waals surface area contributed by atoms with Crippen LogP contribution < -0.4 is 4.72 Å². The highest BCUT2D eigenvalue weighted by molar-refractivity contribution is 7.95. The number of rotatable bonds is 3. The van der Waals surface area contributed by atoms with Gasteiger partial charge in [-0.1, -0.05) is 23.8 Å². The highest BCUT2D eigenvalue weighted by Gasteiger charge is 2.04. The summed E-state index contributed by atoms with van der Waals surface area (Å²) >= 11 is 0. The lowest BCUT2D eigenvalue weighted by atomic mass is 10.3. The van der Waals surface area contributed by atoms with E-state index in [9.17, 15) is 8.42 Å². The number of para-hydroxylation sites is 1. The van der Waals surface area contributed by atoms with Crippen LogP contribution in [0.25, 0.3) is 0 Å². The van der Waals surface area contributed by atoms with Crippen molar-refractivity contribution in [2.75, 3.05) is 4.72 Å². The maximum absolute atomic E-state index is 11.4. The fraction of sp³-hybridized carbons (Fsp3) is 0.200. The molecular weight excluding hydrogens is 198 g/mol. The molecule has 76 valence electrons. The first kappa shape index (κ1) is 10.8. The van der Waals surface area contributed by atoms with Gasteiger partial charge in [-0.25, -0.2) is 8.42 Å². The molecule has 1 N–H and O–H groups in total. The lowest BCUT2D eigenvalue weighted by Crippen LogP contribution is -2.09. The third-order valence-corrected chi connectivity index (χ3v) is 2.73. The average Bonchev–Trinajstić information content (AvgIpc) is 2.02. The highest BCUT2D eigenvalue weighted by atomic mass is 32.2. The quantitative estimate of drug-likeness (QED) is 0.834. The van der Waals surface area contributed by atoms with Crippen LogP contribution in [0.5, 0.6) is 0 Å². The Balaban J connectivity index is 2.85. The molecule has 0 aliphatic heterocycles. The van der Waals surface area contributed by atoms with Crippen molar-refractivity contribution in [3.05, 3.63) is 41.3 Å². The largest absolute Gasteiger partial charge is 0.280 e. The van der Waals surface area contributed by atoms with Crippen molar-refractivity contribution in [1.82, 2.24) is 0 Å². The minimum Gasteiger partial charge on any atom is -0.280 e. The van der Waals surface area contributed by atoms with Crippen LogP contribution in [0.3, 0.4) is 0 Å². The second-order valence-electron chi connectivity index (χ2n) is 3.21. The van der Waals surface area contributed by atoms with Crippen molar-refractivity contribution in [1.29, 1.82) is 0 Å². The van der Waals surface area contributed by atoms with Crippen molar-refractivity contribution >= 4 is 15.7 Å². The van der Waals surface area contributed by atoms with Crippen molar-refractivity contribution in [2.24, 2.45) is 0 Å². The van der Waals surface area contributed by atoms with E-state index >= 15 is 0 Å². The summed E-state index contributed by atoms with van der Waals surface area (Å²) in [5.41, 5.74) is 1.32. The third kappa shape index (κ3) is 3.62. The number of hydrogen-bond acceptors (Lipinski definition) is 2. The van der Waals surface area contributed by atoms with E-state index in [-0.39, 0.29) is 0 Å². The predicted molar refractivity (Wildman–Crippen MR) is 58.4 cm³/mol. The van der Waals surface area contributed by atoms with Crippen LogP contribution in [0, 0.1) is 0 Å². The zero-order valence-corrected chi connectivity index (χ0v) is 9.01. The molecule has 3 nitrogen and oxygen atoms in total. The Morgan fingerprint density at radius 2 is 1.79 bits per heavy atom. The summed E-state index contributed by atoms with van der Waals surface area (Å²) in [5, 5.41) is 1.21. The summed E-state index contributed by atoms with van der Waals surface area (Å²) in [6.07, 6.45) is 0. The van der Waals surface area contributed by atoms with Crippen LogP contribution in [0.15, 0.2) is 41.3 Å². The average molecular weight is 211 g/mol. The maximum Gasteiger partial charge on any atom is 0.254 e. The number of benzene rings is 1. The fourth-order valence-corrected chi connectivity index (χ4v) is 2.15. The van der Waals surface area contributed by atoms with Gasteiger partial charge in [0.1, 0.15) is 0 Å². The molecule has 14 heavy (non-hydrogen) atoms. The van der Waals surface area contributed by atoms with Crippen molar-refractivity contribution in [3.63, 3.8) is 0 Å². The van der Waals surface area contributed by atoms with E-state index in [2.05, 4.69) is 4.72 Å². The van der Waals surface area contributed by atoms with Crippen LogP contribution in [0.2, 0.25) is 0 Å². The molecule has 0 saturated carbocycles. The molecule has 0 atom stereocenters. The van der Waals surface area contributed by atoms with Crippen LogP contribution in [-0.4, -0.2) is 8.42 Å². The topological polar surface area (TPSA) is 46.2 Å². The SMILES string of the molecule is CC(C)=CS(=O)(=O)Nc1ccccc1. The molecule has 1 aromatic carbocycles. The van der Waals surface area contributed by atoms with Gasteiger partial charge in [-0.3, -0.25) is 4.72 Å². The molecular formula is C10H13NO2S. The number of nitrogens with one attached hydrogen (secondary N) is 1. The van der Waals surface area contributed by atoms with E-state index in [0.29, 0.717) is 5.69 Å². The Hall–Kier alpha value is -1.29. The second-order valence-corrected chi connectivity index (χ2v) is 4.74. The van der Waals surface area contributed by atoms with Crippen molar-refractivity contribution < 1.29 is 8.42 Å². The molecule has 1 rings (SSSR count). The van der Waals surface area contributed by atoms with Crippen LogP contribution in [0.4, 0.5) is 5.69 Å². The van der Waals surface area contributed by atoms with Gasteiger partial charge in [0.25, 0.3) is 10.0 Å². The Morgan fingerprint density at radius 3 is 2.29 bits per heavy atom. The zero-order valence-electron chi connectivity index (χ0n) is 8.19. The summed E-state index contributed by atoms with van der Waals surface area (Å²) in [4.78, 5) is 0. The summed E-state index contributed by atoms with van der Waals surface area (Å²) in [5.74, 6) is 0. The molecule has 0 spiro atoms. The van der Waals surface area contributed by atoms with Crippen molar-refractivity contribution in [2.45, 2.75) is 13.8 Å². The van der Waals surface area contributed by atoms with Gasteiger partial charge < -0.3 is 0 Å². The molecule has 0 heterocycles. The van der Waals surface area contributed by atoms with Gasteiger partial charge in [0.2, 0.25) is 0 Å². The monoisotopic (exact) mass is 211 g/mol. The molecule has 0 aliphatic rings. The van der Waals surface area contributed by atoms with Crippen LogP contribution in [-0.2, 0) is 10.0 Å².